The van der Waals surface area contributed by atoms with Gasteiger partial charge in [-0.15, -0.1) is 5.10 Å². The SMILES string of the molecule is CC[C@@H](C(=O)[C@@H](C)[C@@H](O)[C@H](C)[C@@H]1O[C@@H]([C@@H](CC)C(=O)OCc2cn(CCCCC(=O)O)nn2)CC[C@@H]1C)[C@H]1O[C@]2(C=C[C@@H](O)[C@]3(CC[C@@](C)([C@H]4CC[C@](O)(CC)[C@H](C)O4)O3)O2)[C@H](C)C[C@@H]1C. The Balaban J connectivity index is 1.08. The number of aromatic nitrogens is 3. The maximum Gasteiger partial charge on any atom is 0.311 e. The quantitative estimate of drug-likeness (QED) is 0.0645. The number of ether oxygens (including phenoxy) is 6. The predicted molar refractivity (Wildman–Crippen MR) is 242 cm³/mol. The first kappa shape index (κ1) is 52.5. The molecule has 4 N–H and O–H groups in total. The van der Waals surface area contributed by atoms with E-state index in [0.29, 0.717) is 82.9 Å². The monoisotopic (exact) mass is 932 g/mol. The Kier molecular flexibility index (Phi) is 17.1. The molecule has 4 fully saturated rings. The Hall–Kier alpha value is -2.83. The molecule has 4 saturated heterocycles. The van der Waals surface area contributed by atoms with Gasteiger partial charge >= 0.3 is 11.9 Å². The first-order chi connectivity index (χ1) is 31.1. The third-order valence-electron chi connectivity index (χ3n) is 16.4. The average Bonchev–Trinajstić information content (AvgIpc) is 3.90. The van der Waals surface area contributed by atoms with Gasteiger partial charge in [-0.2, -0.15) is 0 Å². The highest BCUT2D eigenvalue weighted by Crippen LogP contribution is 2.54. The van der Waals surface area contributed by atoms with Crippen molar-refractivity contribution in [3.05, 3.63) is 24.0 Å². The molecule has 0 radical (unpaired) electrons. The number of aliphatic hydroxyl groups excluding tert-OH is 2. The number of hydrogen-bond acceptors (Lipinski definition) is 14. The van der Waals surface area contributed by atoms with Crippen LogP contribution in [0, 0.1) is 41.4 Å². The highest BCUT2D eigenvalue weighted by molar-refractivity contribution is 5.84. The Morgan fingerprint density at radius 2 is 1.67 bits per heavy atom. The van der Waals surface area contributed by atoms with E-state index in [1.165, 1.54) is 0 Å². The number of carboxylic acids is 1. The highest BCUT2D eigenvalue weighted by atomic mass is 16.8. The molecule has 1 aromatic heterocycles. The number of carbonyl (C=O) groups excluding carboxylic acids is 2. The molecule has 5 aliphatic heterocycles. The normalized spacial score (nSPS) is 39.3. The first-order valence-corrected chi connectivity index (χ1v) is 25.1. The summed E-state index contributed by atoms with van der Waals surface area (Å²) in [6.45, 7) is 20.2. The fraction of sp³-hybridized carbons (Fsp3) is 0.860. The lowest BCUT2D eigenvalue weighted by Crippen LogP contribution is -2.63. The second-order valence-electron chi connectivity index (χ2n) is 21.0. The van der Waals surface area contributed by atoms with Crippen LogP contribution in [-0.4, -0.2) is 119 Å². The largest absolute Gasteiger partial charge is 0.481 e. The number of rotatable bonds is 19. The van der Waals surface area contributed by atoms with E-state index in [1.807, 2.05) is 41.5 Å². The van der Waals surface area contributed by atoms with Crippen LogP contribution in [0.15, 0.2) is 18.3 Å². The predicted octanol–water partition coefficient (Wildman–Crippen LogP) is 6.69. The Morgan fingerprint density at radius 1 is 0.939 bits per heavy atom. The molecule has 0 aliphatic carbocycles. The number of nitrogens with zero attached hydrogens (tertiary/aromatic N) is 3. The van der Waals surface area contributed by atoms with Crippen LogP contribution in [0.3, 0.4) is 0 Å². The third-order valence-corrected chi connectivity index (χ3v) is 16.4. The lowest BCUT2D eigenvalue weighted by Gasteiger charge is -2.54. The number of carbonyl (C=O) groups is 3. The molecule has 5 aliphatic rings. The number of Topliss-reactive ketones (excluding diaryl/α,β-unsaturated/α-hetero) is 1. The van der Waals surface area contributed by atoms with Crippen molar-refractivity contribution in [3.63, 3.8) is 0 Å². The zero-order chi connectivity index (χ0) is 48.4. The maximum atomic E-state index is 14.7. The summed E-state index contributed by atoms with van der Waals surface area (Å²) in [6.07, 6.45) is 8.20. The van der Waals surface area contributed by atoms with Crippen LogP contribution in [0.25, 0.3) is 0 Å². The van der Waals surface area contributed by atoms with E-state index in [9.17, 15) is 29.7 Å². The summed E-state index contributed by atoms with van der Waals surface area (Å²) in [6, 6.07) is 0. The second-order valence-corrected chi connectivity index (χ2v) is 21.0. The zero-order valence-corrected chi connectivity index (χ0v) is 41.2. The van der Waals surface area contributed by atoms with Crippen LogP contribution in [0.5, 0.6) is 0 Å². The Bertz CT molecular complexity index is 1840. The molecule has 66 heavy (non-hydrogen) atoms. The smallest absolute Gasteiger partial charge is 0.311 e. The molecule has 6 rings (SSSR count). The van der Waals surface area contributed by atoms with Crippen molar-refractivity contribution in [2.75, 3.05) is 0 Å². The number of aliphatic carboxylic acids is 1. The standard InChI is InChI=1S/C50H81N3O13/c1-11-36(46(59)61-28-35-27-53(52-51-35)25-15-14-16-41(55)56)38-18-17-29(4)44(63-38)33(8)42(57)32(7)43(58)37(12-2)45-30(5)26-31(6)49(64-45)22-19-39(54)50(66-49)24-23-47(10,65-50)40-20-21-48(60,13-3)34(9)62-40/h19,22,27,29-34,36-40,42,44-45,54,57,60H,11-18,20-21,23-26,28H2,1-10H3,(H,55,56)/t29-,30-,31+,32-,33-,34-,36+,37-,38+,39+,40+,42+,44+,45-,47-,48+,49-,50-/m0/s1. The van der Waals surface area contributed by atoms with Gasteiger partial charge in [0.1, 0.15) is 24.2 Å². The van der Waals surface area contributed by atoms with Crippen LogP contribution in [0.1, 0.15) is 158 Å². The Morgan fingerprint density at radius 3 is 2.33 bits per heavy atom. The Labute approximate surface area is 391 Å². The van der Waals surface area contributed by atoms with Crippen LogP contribution in [-0.2, 0) is 56.0 Å². The molecular weight excluding hydrogens is 851 g/mol. The van der Waals surface area contributed by atoms with Gasteiger partial charge in [0.05, 0.1) is 59.9 Å². The minimum absolute atomic E-state index is 0.0131. The van der Waals surface area contributed by atoms with Gasteiger partial charge < -0.3 is 48.8 Å². The van der Waals surface area contributed by atoms with Gasteiger partial charge in [-0.1, -0.05) is 60.6 Å². The number of ketones is 1. The fourth-order valence-electron chi connectivity index (χ4n) is 11.8. The number of aryl methyl sites for hydroxylation is 1. The zero-order valence-electron chi connectivity index (χ0n) is 41.2. The molecule has 0 saturated carbocycles. The van der Waals surface area contributed by atoms with Gasteiger partial charge in [0.25, 0.3) is 0 Å². The minimum Gasteiger partial charge on any atom is -0.481 e. The lowest BCUT2D eigenvalue weighted by molar-refractivity contribution is -0.409. The van der Waals surface area contributed by atoms with E-state index in [0.717, 1.165) is 6.42 Å². The van der Waals surface area contributed by atoms with E-state index >= 15 is 0 Å². The molecule has 16 nitrogen and oxygen atoms in total. The second kappa shape index (κ2) is 21.4. The molecule has 1 aromatic rings. The van der Waals surface area contributed by atoms with E-state index in [2.05, 4.69) is 31.1 Å². The summed E-state index contributed by atoms with van der Waals surface area (Å²) in [4.78, 5) is 39.0. The molecular formula is C50H81N3O13. The van der Waals surface area contributed by atoms with E-state index in [-0.39, 0.29) is 48.8 Å². The van der Waals surface area contributed by atoms with Crippen LogP contribution in [0.2, 0.25) is 0 Å². The number of hydrogen-bond donors (Lipinski definition) is 4. The number of unbranched alkanes of at least 4 members (excludes halogenated alkanes) is 1. The van der Waals surface area contributed by atoms with Crippen LogP contribution >= 0.6 is 0 Å². The van der Waals surface area contributed by atoms with Crippen LogP contribution in [0.4, 0.5) is 0 Å². The molecule has 18 atom stereocenters. The van der Waals surface area contributed by atoms with Gasteiger partial charge in [0.15, 0.2) is 5.79 Å². The van der Waals surface area contributed by atoms with Gasteiger partial charge in [-0.3, -0.25) is 19.1 Å². The first-order valence-electron chi connectivity index (χ1n) is 25.1. The molecule has 0 bridgehead atoms. The summed E-state index contributed by atoms with van der Waals surface area (Å²) in [5, 5.41) is 51.7. The summed E-state index contributed by atoms with van der Waals surface area (Å²) >= 11 is 0. The topological polar surface area (TPSA) is 218 Å². The summed E-state index contributed by atoms with van der Waals surface area (Å²) in [5.74, 6) is -6.34. The van der Waals surface area contributed by atoms with Crippen molar-refractivity contribution in [2.45, 2.75) is 231 Å². The molecule has 0 unspecified atom stereocenters. The van der Waals surface area contributed by atoms with Crippen molar-refractivity contribution >= 4 is 17.7 Å². The van der Waals surface area contributed by atoms with Crippen molar-refractivity contribution in [3.8, 4) is 0 Å². The van der Waals surface area contributed by atoms with E-state index < -0.39 is 88.9 Å². The molecule has 0 amide bonds. The fourth-order valence-corrected chi connectivity index (χ4v) is 11.8. The molecule has 374 valence electrons. The van der Waals surface area contributed by atoms with Crippen molar-refractivity contribution < 1.29 is 63.2 Å². The number of esters is 1. The highest BCUT2D eigenvalue weighted by Gasteiger charge is 2.63. The summed E-state index contributed by atoms with van der Waals surface area (Å²) in [7, 11) is 0. The molecule has 2 spiro atoms. The average molecular weight is 932 g/mol. The number of carboxylic acid groups (broad SMARTS) is 1. The minimum atomic E-state index is -1.39. The summed E-state index contributed by atoms with van der Waals surface area (Å²) in [5.41, 5.74) is -1.17. The third kappa shape index (κ3) is 11.0. The van der Waals surface area contributed by atoms with Gasteiger partial charge in [-0.25, -0.2) is 0 Å². The van der Waals surface area contributed by atoms with Gasteiger partial charge in [0, 0.05) is 43.1 Å². The summed E-state index contributed by atoms with van der Waals surface area (Å²) < 4.78 is 41.3. The molecule has 0 aromatic carbocycles. The van der Waals surface area contributed by atoms with Gasteiger partial charge in [0.2, 0.25) is 5.79 Å². The van der Waals surface area contributed by atoms with Crippen molar-refractivity contribution in [1.82, 2.24) is 15.0 Å². The van der Waals surface area contributed by atoms with E-state index in [4.69, 9.17) is 33.5 Å². The lowest BCUT2D eigenvalue weighted by atomic mass is 9.72. The van der Waals surface area contributed by atoms with E-state index in [1.54, 1.807) is 30.0 Å². The van der Waals surface area contributed by atoms with Crippen molar-refractivity contribution in [1.29, 1.82) is 0 Å². The van der Waals surface area contributed by atoms with Crippen LogP contribution < -0.4 is 0 Å². The maximum absolute atomic E-state index is 14.7. The molecule has 16 heteroatoms. The molecule has 6 heterocycles. The van der Waals surface area contributed by atoms with Gasteiger partial charge in [-0.05, 0) is 108 Å². The van der Waals surface area contributed by atoms with Crippen molar-refractivity contribution in [2.24, 2.45) is 41.4 Å². The number of aliphatic hydroxyl groups is 3.